The van der Waals surface area contributed by atoms with Crippen LogP contribution in [0.15, 0.2) is 67.0 Å². The molecule has 0 spiro atoms. The number of nitrogens with one attached hydrogen (secondary N) is 1. The van der Waals surface area contributed by atoms with Crippen LogP contribution < -0.4 is 10.1 Å². The number of imidazole rings is 1. The molecule has 27 heavy (non-hydrogen) atoms. The van der Waals surface area contributed by atoms with Gasteiger partial charge in [0.1, 0.15) is 11.8 Å². The van der Waals surface area contributed by atoms with Crippen molar-refractivity contribution in [3.8, 4) is 5.75 Å². The number of para-hydroxylation sites is 2. The normalized spacial score (nSPS) is 12.2. The zero-order valence-corrected chi connectivity index (χ0v) is 15.3. The molecular formula is C22H21N3O2. The maximum atomic E-state index is 12.6. The molecule has 4 aromatic rings. The highest BCUT2D eigenvalue weighted by molar-refractivity contribution is 5.85. The minimum absolute atomic E-state index is 0.0343. The maximum Gasteiger partial charge on any atom is 0.243 e. The summed E-state index contributed by atoms with van der Waals surface area (Å²) in [5.41, 5.74) is 2.91. The molecule has 5 heteroatoms. The SMILES string of the molecule is COc1ccc2cc(CNC(=O)[C@@H](C)n3cnc4ccccc43)ccc2c1. The van der Waals surface area contributed by atoms with E-state index in [0.29, 0.717) is 6.54 Å². The Morgan fingerprint density at radius 2 is 1.89 bits per heavy atom. The summed E-state index contributed by atoms with van der Waals surface area (Å²) in [4.78, 5) is 17.0. The van der Waals surface area contributed by atoms with E-state index < -0.39 is 0 Å². The van der Waals surface area contributed by atoms with E-state index in [1.165, 1.54) is 0 Å². The lowest BCUT2D eigenvalue weighted by Gasteiger charge is -2.15. The molecule has 1 aromatic heterocycles. The Morgan fingerprint density at radius 1 is 1.11 bits per heavy atom. The number of amides is 1. The third-order valence-corrected chi connectivity index (χ3v) is 4.86. The first-order valence-electron chi connectivity index (χ1n) is 8.91. The number of carbonyl (C=O) groups is 1. The monoisotopic (exact) mass is 359 g/mol. The zero-order valence-electron chi connectivity index (χ0n) is 15.3. The van der Waals surface area contributed by atoms with E-state index in [4.69, 9.17) is 4.74 Å². The van der Waals surface area contributed by atoms with Crippen molar-refractivity contribution >= 4 is 27.7 Å². The second-order valence-electron chi connectivity index (χ2n) is 6.58. The number of hydrogen-bond acceptors (Lipinski definition) is 3. The third-order valence-electron chi connectivity index (χ3n) is 4.86. The number of carbonyl (C=O) groups excluding carboxylic acids is 1. The number of rotatable bonds is 5. The smallest absolute Gasteiger partial charge is 0.243 e. The van der Waals surface area contributed by atoms with Gasteiger partial charge in [0.2, 0.25) is 5.91 Å². The fourth-order valence-corrected chi connectivity index (χ4v) is 3.26. The van der Waals surface area contributed by atoms with E-state index in [9.17, 15) is 4.79 Å². The molecule has 0 saturated heterocycles. The highest BCUT2D eigenvalue weighted by Crippen LogP contribution is 2.22. The molecular weight excluding hydrogens is 338 g/mol. The minimum atomic E-state index is -0.331. The summed E-state index contributed by atoms with van der Waals surface area (Å²) in [7, 11) is 1.66. The molecule has 0 bridgehead atoms. The molecule has 1 amide bonds. The van der Waals surface area contributed by atoms with Crippen molar-refractivity contribution in [1.29, 1.82) is 0 Å². The minimum Gasteiger partial charge on any atom is -0.497 e. The van der Waals surface area contributed by atoms with Gasteiger partial charge < -0.3 is 14.6 Å². The molecule has 0 radical (unpaired) electrons. The summed E-state index contributed by atoms with van der Waals surface area (Å²) in [5, 5.41) is 5.26. The van der Waals surface area contributed by atoms with Crippen LogP contribution in [0.3, 0.4) is 0 Å². The summed E-state index contributed by atoms with van der Waals surface area (Å²) < 4.78 is 7.16. The van der Waals surface area contributed by atoms with Gasteiger partial charge in [0.25, 0.3) is 0 Å². The molecule has 3 aromatic carbocycles. The second-order valence-corrected chi connectivity index (χ2v) is 6.58. The molecule has 0 aliphatic carbocycles. The van der Waals surface area contributed by atoms with Crippen molar-refractivity contribution in [2.75, 3.05) is 7.11 Å². The number of methoxy groups -OCH3 is 1. The lowest BCUT2D eigenvalue weighted by atomic mass is 10.1. The van der Waals surface area contributed by atoms with Crippen molar-refractivity contribution < 1.29 is 9.53 Å². The Bertz CT molecular complexity index is 1120. The number of nitrogens with zero attached hydrogens (tertiary/aromatic N) is 2. The predicted octanol–water partition coefficient (Wildman–Crippen LogP) is 4.08. The molecule has 1 N–H and O–H groups in total. The van der Waals surface area contributed by atoms with Gasteiger partial charge >= 0.3 is 0 Å². The predicted molar refractivity (Wildman–Crippen MR) is 107 cm³/mol. The van der Waals surface area contributed by atoms with Gasteiger partial charge in [0.05, 0.1) is 24.5 Å². The first kappa shape index (κ1) is 17.1. The van der Waals surface area contributed by atoms with Crippen LogP contribution in [0.25, 0.3) is 21.8 Å². The molecule has 1 heterocycles. The molecule has 4 rings (SSSR count). The third kappa shape index (κ3) is 3.36. The Balaban J connectivity index is 1.47. The van der Waals surface area contributed by atoms with Crippen LogP contribution in [0.2, 0.25) is 0 Å². The summed E-state index contributed by atoms with van der Waals surface area (Å²) in [6.07, 6.45) is 1.72. The van der Waals surface area contributed by atoms with E-state index in [0.717, 1.165) is 33.1 Å². The molecule has 0 unspecified atom stereocenters. The summed E-state index contributed by atoms with van der Waals surface area (Å²) in [6, 6.07) is 19.6. The van der Waals surface area contributed by atoms with Gasteiger partial charge in [0, 0.05) is 6.54 Å². The molecule has 0 saturated carbocycles. The van der Waals surface area contributed by atoms with E-state index in [1.807, 2.05) is 66.1 Å². The van der Waals surface area contributed by atoms with Crippen molar-refractivity contribution in [1.82, 2.24) is 14.9 Å². The van der Waals surface area contributed by atoms with E-state index in [-0.39, 0.29) is 11.9 Å². The van der Waals surface area contributed by atoms with Crippen molar-refractivity contribution in [3.05, 3.63) is 72.6 Å². The number of aromatic nitrogens is 2. The highest BCUT2D eigenvalue weighted by atomic mass is 16.5. The quantitative estimate of drug-likeness (QED) is 0.584. The van der Waals surface area contributed by atoms with Gasteiger partial charge in [-0.05, 0) is 53.6 Å². The number of benzene rings is 3. The van der Waals surface area contributed by atoms with Crippen LogP contribution in [0, 0.1) is 0 Å². The van der Waals surface area contributed by atoms with E-state index in [2.05, 4.69) is 16.4 Å². The van der Waals surface area contributed by atoms with Crippen LogP contribution in [0.1, 0.15) is 18.5 Å². The molecule has 5 nitrogen and oxygen atoms in total. The Morgan fingerprint density at radius 3 is 2.74 bits per heavy atom. The molecule has 136 valence electrons. The fourth-order valence-electron chi connectivity index (χ4n) is 3.26. The summed E-state index contributed by atoms with van der Waals surface area (Å²) in [5.74, 6) is 0.804. The lowest BCUT2D eigenvalue weighted by Crippen LogP contribution is -2.30. The average molecular weight is 359 g/mol. The highest BCUT2D eigenvalue weighted by Gasteiger charge is 2.16. The maximum absolute atomic E-state index is 12.6. The van der Waals surface area contributed by atoms with Gasteiger partial charge in [0.15, 0.2) is 0 Å². The largest absolute Gasteiger partial charge is 0.497 e. The fraction of sp³-hybridized carbons (Fsp3) is 0.182. The summed E-state index contributed by atoms with van der Waals surface area (Å²) >= 11 is 0. The molecule has 0 aliphatic heterocycles. The second kappa shape index (κ2) is 7.11. The van der Waals surface area contributed by atoms with Crippen molar-refractivity contribution in [3.63, 3.8) is 0 Å². The van der Waals surface area contributed by atoms with Crippen LogP contribution >= 0.6 is 0 Å². The number of fused-ring (bicyclic) bond motifs is 2. The standard InChI is InChI=1S/C22H21N3O2/c1-15(25-14-24-20-5-3-4-6-21(20)25)22(26)23-13-16-7-8-18-12-19(27-2)10-9-17(18)11-16/h3-12,14-15H,13H2,1-2H3,(H,23,26)/t15-/m1/s1. The van der Waals surface area contributed by atoms with Gasteiger partial charge in [-0.1, -0.05) is 30.3 Å². The van der Waals surface area contributed by atoms with Crippen LogP contribution in [0.4, 0.5) is 0 Å². The first-order valence-corrected chi connectivity index (χ1v) is 8.91. The van der Waals surface area contributed by atoms with Crippen LogP contribution in [-0.4, -0.2) is 22.6 Å². The van der Waals surface area contributed by atoms with Crippen LogP contribution in [-0.2, 0) is 11.3 Å². The Kier molecular flexibility index (Phi) is 4.50. The molecule has 1 atom stereocenters. The number of ether oxygens (including phenoxy) is 1. The Labute approximate surface area is 157 Å². The topological polar surface area (TPSA) is 56.1 Å². The molecule has 0 aliphatic rings. The van der Waals surface area contributed by atoms with Gasteiger partial charge in [-0.25, -0.2) is 4.98 Å². The van der Waals surface area contributed by atoms with Crippen molar-refractivity contribution in [2.24, 2.45) is 0 Å². The molecule has 0 fully saturated rings. The van der Waals surface area contributed by atoms with Crippen molar-refractivity contribution in [2.45, 2.75) is 19.5 Å². The first-order chi connectivity index (χ1) is 13.2. The average Bonchev–Trinajstić information content (AvgIpc) is 3.15. The summed E-state index contributed by atoms with van der Waals surface area (Å²) in [6.45, 7) is 2.37. The van der Waals surface area contributed by atoms with Gasteiger partial charge in [-0.15, -0.1) is 0 Å². The van der Waals surface area contributed by atoms with E-state index >= 15 is 0 Å². The van der Waals surface area contributed by atoms with E-state index in [1.54, 1.807) is 13.4 Å². The Hall–Kier alpha value is -3.34. The van der Waals surface area contributed by atoms with Gasteiger partial charge in [-0.2, -0.15) is 0 Å². The number of hydrogen-bond donors (Lipinski definition) is 1. The van der Waals surface area contributed by atoms with Gasteiger partial charge in [-0.3, -0.25) is 4.79 Å². The lowest BCUT2D eigenvalue weighted by molar-refractivity contribution is -0.123. The zero-order chi connectivity index (χ0) is 18.8. The van der Waals surface area contributed by atoms with Crippen LogP contribution in [0.5, 0.6) is 5.75 Å².